The molecule has 0 aliphatic rings. The third-order valence-electron chi connectivity index (χ3n) is 2.76. The molecule has 7 nitrogen and oxygen atoms in total. The Morgan fingerprint density at radius 2 is 2.14 bits per heavy atom. The van der Waals surface area contributed by atoms with Crippen molar-refractivity contribution in [2.75, 3.05) is 26.9 Å². The molecule has 0 unspecified atom stereocenters. The van der Waals surface area contributed by atoms with Crippen LogP contribution >= 0.6 is 0 Å². The Bertz CT molecular complexity index is 623. The van der Waals surface area contributed by atoms with Crippen LogP contribution in [0.2, 0.25) is 0 Å². The first-order valence-electron chi connectivity index (χ1n) is 6.45. The highest BCUT2D eigenvalue weighted by Gasteiger charge is 2.14. The third kappa shape index (κ3) is 4.28. The summed E-state index contributed by atoms with van der Waals surface area (Å²) >= 11 is 0. The zero-order valence-corrected chi connectivity index (χ0v) is 11.6. The van der Waals surface area contributed by atoms with E-state index in [1.807, 2.05) is 18.2 Å². The van der Waals surface area contributed by atoms with Crippen LogP contribution in [0.3, 0.4) is 0 Å². The number of carbonyl (C=O) groups excluding carboxylic acids is 2. The average molecular weight is 292 g/mol. The van der Waals surface area contributed by atoms with Crippen LogP contribution in [0.4, 0.5) is 0 Å². The van der Waals surface area contributed by atoms with E-state index in [0.717, 1.165) is 5.39 Å². The summed E-state index contributed by atoms with van der Waals surface area (Å²) < 4.78 is 14.8. The Labute approximate surface area is 121 Å². The summed E-state index contributed by atoms with van der Waals surface area (Å²) in [5.74, 6) is -0.902. The molecule has 1 heterocycles. The van der Waals surface area contributed by atoms with Gasteiger partial charge in [-0.15, -0.1) is 0 Å². The molecule has 0 saturated heterocycles. The van der Waals surface area contributed by atoms with Gasteiger partial charge in [-0.1, -0.05) is 17.3 Å². The van der Waals surface area contributed by atoms with Gasteiger partial charge in [-0.25, -0.2) is 0 Å². The molecule has 1 aromatic carbocycles. The number of carbonyl (C=O) groups is 2. The molecule has 2 rings (SSSR count). The van der Waals surface area contributed by atoms with Gasteiger partial charge >= 0.3 is 5.97 Å². The van der Waals surface area contributed by atoms with Gasteiger partial charge in [-0.3, -0.25) is 9.59 Å². The maximum absolute atomic E-state index is 11.7. The summed E-state index contributed by atoms with van der Waals surface area (Å²) in [6, 6.07) is 7.23. The first-order valence-corrected chi connectivity index (χ1v) is 6.45. The largest absolute Gasteiger partial charge is 0.455 e. The van der Waals surface area contributed by atoms with Gasteiger partial charge in [-0.05, 0) is 12.1 Å². The van der Waals surface area contributed by atoms with Crippen molar-refractivity contribution < 1.29 is 23.6 Å². The Kier molecular flexibility index (Phi) is 5.28. The first-order chi connectivity index (χ1) is 10.2. The number of methoxy groups -OCH3 is 1. The molecule has 21 heavy (non-hydrogen) atoms. The minimum Gasteiger partial charge on any atom is -0.455 e. The van der Waals surface area contributed by atoms with Crippen molar-refractivity contribution >= 4 is 22.8 Å². The van der Waals surface area contributed by atoms with E-state index in [4.69, 9.17) is 14.0 Å². The molecular weight excluding hydrogens is 276 g/mol. The fraction of sp³-hybridized carbons (Fsp3) is 0.357. The van der Waals surface area contributed by atoms with E-state index in [-0.39, 0.29) is 18.9 Å². The Morgan fingerprint density at radius 1 is 1.33 bits per heavy atom. The minimum absolute atomic E-state index is 0.0393. The summed E-state index contributed by atoms with van der Waals surface area (Å²) in [5.41, 5.74) is 1.10. The lowest BCUT2D eigenvalue weighted by Crippen LogP contribution is -2.31. The maximum Gasteiger partial charge on any atom is 0.312 e. The summed E-state index contributed by atoms with van der Waals surface area (Å²) in [6.07, 6.45) is -0.0393. The molecule has 0 fully saturated rings. The van der Waals surface area contributed by atoms with Crippen molar-refractivity contribution in [3.63, 3.8) is 0 Å². The molecule has 0 atom stereocenters. The molecular formula is C14H16N2O5. The summed E-state index contributed by atoms with van der Waals surface area (Å²) in [5, 5.41) is 7.15. The van der Waals surface area contributed by atoms with Gasteiger partial charge in [-0.2, -0.15) is 0 Å². The Hall–Kier alpha value is -2.41. The number of nitrogens with one attached hydrogen (secondary N) is 1. The molecule has 0 spiro atoms. The number of rotatable bonds is 7. The molecule has 0 aliphatic carbocycles. The summed E-state index contributed by atoms with van der Waals surface area (Å²) in [7, 11) is 1.54. The van der Waals surface area contributed by atoms with Crippen LogP contribution in [-0.2, 0) is 25.5 Å². The number of esters is 1. The highest BCUT2D eigenvalue weighted by Crippen LogP contribution is 2.18. The normalized spacial score (nSPS) is 10.5. The number of para-hydroxylation sites is 1. The van der Waals surface area contributed by atoms with Gasteiger partial charge in [0.05, 0.1) is 13.0 Å². The predicted molar refractivity (Wildman–Crippen MR) is 73.6 cm³/mol. The number of amides is 1. The topological polar surface area (TPSA) is 90.7 Å². The lowest BCUT2D eigenvalue weighted by molar-refractivity contribution is -0.148. The third-order valence-corrected chi connectivity index (χ3v) is 2.76. The predicted octanol–water partition coefficient (Wildman–Crippen LogP) is 0.676. The molecule has 0 aliphatic heterocycles. The van der Waals surface area contributed by atoms with Gasteiger partial charge in [0, 0.05) is 19.0 Å². The number of benzene rings is 1. The second-order valence-corrected chi connectivity index (χ2v) is 4.31. The van der Waals surface area contributed by atoms with Crippen LogP contribution in [0.5, 0.6) is 0 Å². The second-order valence-electron chi connectivity index (χ2n) is 4.31. The maximum atomic E-state index is 11.7. The fourth-order valence-electron chi connectivity index (χ4n) is 1.74. The SMILES string of the molecule is COCCNC(=O)COC(=O)Cc1noc2ccccc12. The molecule has 2 aromatic rings. The van der Waals surface area contributed by atoms with Crippen molar-refractivity contribution in [2.45, 2.75) is 6.42 Å². The van der Waals surface area contributed by atoms with Gasteiger partial charge < -0.3 is 19.3 Å². The Morgan fingerprint density at radius 3 is 2.95 bits per heavy atom. The first kappa shape index (κ1) is 15.0. The van der Waals surface area contributed by atoms with E-state index in [9.17, 15) is 9.59 Å². The van der Waals surface area contributed by atoms with Crippen molar-refractivity contribution in [1.82, 2.24) is 10.5 Å². The van der Waals surface area contributed by atoms with E-state index in [2.05, 4.69) is 10.5 Å². The molecule has 112 valence electrons. The van der Waals surface area contributed by atoms with E-state index in [1.54, 1.807) is 6.07 Å². The average Bonchev–Trinajstić information content (AvgIpc) is 2.89. The summed E-state index contributed by atoms with van der Waals surface area (Å²) in [4.78, 5) is 23.0. The zero-order chi connectivity index (χ0) is 15.1. The van der Waals surface area contributed by atoms with E-state index >= 15 is 0 Å². The smallest absolute Gasteiger partial charge is 0.312 e. The molecule has 0 saturated carbocycles. The number of hydrogen-bond acceptors (Lipinski definition) is 6. The molecule has 0 radical (unpaired) electrons. The van der Waals surface area contributed by atoms with Crippen LogP contribution in [0.25, 0.3) is 11.0 Å². The van der Waals surface area contributed by atoms with Crippen LogP contribution in [0.15, 0.2) is 28.8 Å². The lowest BCUT2D eigenvalue weighted by atomic mass is 10.2. The number of hydrogen-bond donors (Lipinski definition) is 1. The van der Waals surface area contributed by atoms with Crippen molar-refractivity contribution in [3.05, 3.63) is 30.0 Å². The highest BCUT2D eigenvalue weighted by atomic mass is 16.5. The number of fused-ring (bicyclic) bond motifs is 1. The van der Waals surface area contributed by atoms with E-state index < -0.39 is 5.97 Å². The van der Waals surface area contributed by atoms with Gasteiger partial charge in [0.2, 0.25) is 0 Å². The van der Waals surface area contributed by atoms with Crippen LogP contribution in [0, 0.1) is 0 Å². The van der Waals surface area contributed by atoms with E-state index in [0.29, 0.717) is 24.4 Å². The summed E-state index contributed by atoms with van der Waals surface area (Å²) in [6.45, 7) is 0.462. The van der Waals surface area contributed by atoms with Gasteiger partial charge in [0.1, 0.15) is 5.69 Å². The number of ether oxygens (including phenoxy) is 2. The molecule has 7 heteroatoms. The van der Waals surface area contributed by atoms with E-state index in [1.165, 1.54) is 7.11 Å². The number of aromatic nitrogens is 1. The quantitative estimate of drug-likeness (QED) is 0.596. The minimum atomic E-state index is -0.532. The van der Waals surface area contributed by atoms with Gasteiger partial charge in [0.15, 0.2) is 12.2 Å². The standard InChI is InChI=1S/C14H16N2O5/c1-19-7-6-15-13(17)9-20-14(18)8-11-10-4-2-3-5-12(10)21-16-11/h2-5H,6-9H2,1H3,(H,15,17). The van der Waals surface area contributed by atoms with Crippen LogP contribution < -0.4 is 5.32 Å². The van der Waals surface area contributed by atoms with Crippen LogP contribution in [0.1, 0.15) is 5.69 Å². The van der Waals surface area contributed by atoms with Crippen molar-refractivity contribution in [2.24, 2.45) is 0 Å². The Balaban J connectivity index is 1.81. The molecule has 1 N–H and O–H groups in total. The number of nitrogens with zero attached hydrogens (tertiary/aromatic N) is 1. The van der Waals surface area contributed by atoms with Crippen molar-refractivity contribution in [1.29, 1.82) is 0 Å². The van der Waals surface area contributed by atoms with Gasteiger partial charge in [0.25, 0.3) is 5.91 Å². The monoisotopic (exact) mass is 292 g/mol. The second kappa shape index (κ2) is 7.39. The molecule has 1 aromatic heterocycles. The molecule has 1 amide bonds. The molecule has 0 bridgehead atoms. The fourth-order valence-corrected chi connectivity index (χ4v) is 1.74. The van der Waals surface area contributed by atoms with Crippen LogP contribution in [-0.4, -0.2) is 43.9 Å². The lowest BCUT2D eigenvalue weighted by Gasteiger charge is -2.05. The van der Waals surface area contributed by atoms with Crippen molar-refractivity contribution in [3.8, 4) is 0 Å². The highest BCUT2D eigenvalue weighted by molar-refractivity contribution is 5.85. The zero-order valence-electron chi connectivity index (χ0n) is 11.6.